The van der Waals surface area contributed by atoms with Crippen LogP contribution in [0.25, 0.3) is 6.08 Å². The molecule has 3 aliphatic rings. The Hall–Kier alpha value is -2.70. The molecule has 0 aliphatic carbocycles. The number of amides is 1. The van der Waals surface area contributed by atoms with Gasteiger partial charge in [-0.2, -0.15) is 0 Å². The third-order valence-corrected chi connectivity index (χ3v) is 6.82. The lowest BCUT2D eigenvalue weighted by Crippen LogP contribution is -2.50. The maximum absolute atomic E-state index is 15.1. The molecular weight excluding hydrogens is 405 g/mol. The van der Waals surface area contributed by atoms with Crippen molar-refractivity contribution in [3.8, 4) is 0 Å². The molecule has 1 amide bonds. The zero-order valence-corrected chi connectivity index (χ0v) is 18.4. The van der Waals surface area contributed by atoms with Crippen LogP contribution >= 0.6 is 0 Å². The average Bonchev–Trinajstić information content (AvgIpc) is 2.84. The lowest BCUT2D eigenvalue weighted by molar-refractivity contribution is 0.0392. The van der Waals surface area contributed by atoms with E-state index >= 15 is 4.39 Å². The van der Waals surface area contributed by atoms with Crippen molar-refractivity contribution in [2.75, 3.05) is 57.4 Å². The third kappa shape index (κ3) is 4.43. The molecule has 0 atom stereocenters. The molecule has 0 spiro atoms. The predicted octanol–water partition coefficient (Wildman–Crippen LogP) is 4.18. The van der Waals surface area contributed by atoms with E-state index in [0.29, 0.717) is 25.6 Å². The van der Waals surface area contributed by atoms with Crippen LogP contribution in [0.4, 0.5) is 15.8 Å². The number of halogens is 1. The van der Waals surface area contributed by atoms with Crippen molar-refractivity contribution >= 4 is 23.4 Å². The van der Waals surface area contributed by atoms with Crippen molar-refractivity contribution in [1.82, 2.24) is 9.80 Å². The number of benzene rings is 2. The molecule has 0 bridgehead atoms. The summed E-state index contributed by atoms with van der Waals surface area (Å²) >= 11 is 0. The first-order valence-electron chi connectivity index (χ1n) is 11.6. The van der Waals surface area contributed by atoms with Gasteiger partial charge in [-0.3, -0.25) is 9.69 Å². The van der Waals surface area contributed by atoms with E-state index in [-0.39, 0.29) is 11.5 Å². The molecule has 32 heavy (non-hydrogen) atoms. The van der Waals surface area contributed by atoms with Gasteiger partial charge in [0.1, 0.15) is 5.82 Å². The van der Waals surface area contributed by atoms with Gasteiger partial charge in [-0.25, -0.2) is 4.39 Å². The summed E-state index contributed by atoms with van der Waals surface area (Å²) in [5.41, 5.74) is 3.08. The normalized spacial score (nSPS) is 19.8. The number of nitrogens with zero attached hydrogens (tertiary/aromatic N) is 3. The SMILES string of the molecule is O=C(c1ccc(N2CC=Cc3ccccc32)cc1F)N1CCN(CC2CCOCC2)CC1. The van der Waals surface area contributed by atoms with Crippen molar-refractivity contribution in [3.63, 3.8) is 0 Å². The van der Waals surface area contributed by atoms with E-state index < -0.39 is 5.82 Å². The Labute approximate surface area is 189 Å². The van der Waals surface area contributed by atoms with E-state index in [9.17, 15) is 4.79 Å². The summed E-state index contributed by atoms with van der Waals surface area (Å²) in [6.07, 6.45) is 6.39. The molecule has 0 radical (unpaired) electrons. The summed E-state index contributed by atoms with van der Waals surface area (Å²) in [4.78, 5) is 19.3. The van der Waals surface area contributed by atoms with E-state index in [2.05, 4.69) is 22.0 Å². The minimum atomic E-state index is -0.454. The van der Waals surface area contributed by atoms with Gasteiger partial charge in [-0.05, 0) is 48.6 Å². The smallest absolute Gasteiger partial charge is 0.256 e. The van der Waals surface area contributed by atoms with Gasteiger partial charge in [-0.1, -0.05) is 30.4 Å². The fourth-order valence-corrected chi connectivity index (χ4v) is 4.95. The van der Waals surface area contributed by atoms with E-state index in [1.807, 2.05) is 30.3 Å². The van der Waals surface area contributed by atoms with E-state index in [1.165, 1.54) is 6.07 Å². The van der Waals surface area contributed by atoms with Crippen molar-refractivity contribution in [3.05, 3.63) is 65.5 Å². The second-order valence-corrected chi connectivity index (χ2v) is 8.88. The first-order chi connectivity index (χ1) is 15.7. The number of para-hydroxylation sites is 1. The van der Waals surface area contributed by atoms with Gasteiger partial charge in [0.05, 0.1) is 5.56 Å². The molecule has 5 nitrogen and oxygen atoms in total. The Kier molecular flexibility index (Phi) is 6.23. The Bertz CT molecular complexity index is 994. The standard InChI is InChI=1S/C26H30FN3O2/c27-24-18-22(30-11-3-5-21-4-1-2-6-25(21)30)7-8-23(24)26(31)29-14-12-28(13-15-29)19-20-9-16-32-17-10-20/h1-8,18,20H,9-17,19H2. The first-order valence-corrected chi connectivity index (χ1v) is 11.6. The molecule has 6 heteroatoms. The number of hydrogen-bond acceptors (Lipinski definition) is 4. The summed E-state index contributed by atoms with van der Waals surface area (Å²) in [5.74, 6) is 0.0219. The number of carbonyl (C=O) groups is 1. The van der Waals surface area contributed by atoms with Crippen molar-refractivity contribution < 1.29 is 13.9 Å². The van der Waals surface area contributed by atoms with Gasteiger partial charge in [0, 0.05) is 63.9 Å². The summed E-state index contributed by atoms with van der Waals surface area (Å²) in [6.45, 7) is 6.45. The summed E-state index contributed by atoms with van der Waals surface area (Å²) < 4.78 is 20.5. The lowest BCUT2D eigenvalue weighted by atomic mass is 9.99. The molecule has 0 saturated carbocycles. The summed E-state index contributed by atoms with van der Waals surface area (Å²) in [6, 6.07) is 13.1. The predicted molar refractivity (Wildman–Crippen MR) is 125 cm³/mol. The van der Waals surface area contributed by atoms with E-state index in [4.69, 9.17) is 4.74 Å². The van der Waals surface area contributed by atoms with Crippen LogP contribution in [0, 0.1) is 11.7 Å². The van der Waals surface area contributed by atoms with Crippen LogP contribution in [-0.2, 0) is 4.74 Å². The van der Waals surface area contributed by atoms with Crippen LogP contribution in [0.2, 0.25) is 0 Å². The summed E-state index contributed by atoms with van der Waals surface area (Å²) in [5, 5.41) is 0. The van der Waals surface area contributed by atoms with Crippen molar-refractivity contribution in [1.29, 1.82) is 0 Å². The van der Waals surface area contributed by atoms with E-state index in [1.54, 1.807) is 11.0 Å². The molecule has 5 rings (SSSR count). The maximum Gasteiger partial charge on any atom is 0.256 e. The Morgan fingerprint density at radius 3 is 2.59 bits per heavy atom. The summed E-state index contributed by atoms with van der Waals surface area (Å²) in [7, 11) is 0. The Morgan fingerprint density at radius 2 is 1.81 bits per heavy atom. The molecule has 2 fully saturated rings. The van der Waals surface area contributed by atoms with E-state index in [0.717, 1.165) is 62.6 Å². The van der Waals surface area contributed by atoms with Gasteiger partial charge in [0.2, 0.25) is 0 Å². The average molecular weight is 436 g/mol. The van der Waals surface area contributed by atoms with Gasteiger partial charge in [0.15, 0.2) is 0 Å². The first kappa shape index (κ1) is 21.2. The van der Waals surface area contributed by atoms with Crippen LogP contribution in [0.1, 0.15) is 28.8 Å². The zero-order chi connectivity index (χ0) is 21.9. The molecule has 0 N–H and O–H groups in total. The molecule has 168 valence electrons. The topological polar surface area (TPSA) is 36.0 Å². The molecule has 3 heterocycles. The highest BCUT2D eigenvalue weighted by molar-refractivity contribution is 5.95. The number of ether oxygens (including phenoxy) is 1. The molecule has 0 unspecified atom stereocenters. The minimum Gasteiger partial charge on any atom is -0.381 e. The number of carbonyl (C=O) groups excluding carboxylic acids is 1. The van der Waals surface area contributed by atoms with Crippen molar-refractivity contribution in [2.45, 2.75) is 12.8 Å². The molecule has 2 aromatic carbocycles. The molecule has 2 aromatic rings. The highest BCUT2D eigenvalue weighted by Crippen LogP contribution is 2.33. The fourth-order valence-electron chi connectivity index (χ4n) is 4.95. The van der Waals surface area contributed by atoms with Gasteiger partial charge in [0.25, 0.3) is 5.91 Å². The molecule has 3 aliphatic heterocycles. The largest absolute Gasteiger partial charge is 0.381 e. The van der Waals surface area contributed by atoms with Gasteiger partial charge >= 0.3 is 0 Å². The third-order valence-electron chi connectivity index (χ3n) is 6.82. The van der Waals surface area contributed by atoms with Crippen LogP contribution in [-0.4, -0.2) is 68.2 Å². The van der Waals surface area contributed by atoms with Gasteiger partial charge < -0.3 is 14.5 Å². The quantitative estimate of drug-likeness (QED) is 0.722. The van der Waals surface area contributed by atoms with Crippen LogP contribution < -0.4 is 4.90 Å². The molecule has 0 aromatic heterocycles. The van der Waals surface area contributed by atoms with Gasteiger partial charge in [-0.15, -0.1) is 0 Å². The zero-order valence-electron chi connectivity index (χ0n) is 18.4. The molecule has 2 saturated heterocycles. The highest BCUT2D eigenvalue weighted by Gasteiger charge is 2.26. The number of anilines is 2. The van der Waals surface area contributed by atoms with Crippen LogP contribution in [0.3, 0.4) is 0 Å². The van der Waals surface area contributed by atoms with Crippen LogP contribution in [0.5, 0.6) is 0 Å². The number of fused-ring (bicyclic) bond motifs is 1. The second-order valence-electron chi connectivity index (χ2n) is 8.88. The second kappa shape index (κ2) is 9.43. The number of piperazine rings is 1. The van der Waals surface area contributed by atoms with Crippen molar-refractivity contribution in [2.24, 2.45) is 5.92 Å². The number of hydrogen-bond donors (Lipinski definition) is 0. The monoisotopic (exact) mass is 435 g/mol. The highest BCUT2D eigenvalue weighted by atomic mass is 19.1. The lowest BCUT2D eigenvalue weighted by Gasteiger charge is -2.37. The Morgan fingerprint density at radius 1 is 1.03 bits per heavy atom. The van der Waals surface area contributed by atoms with Crippen LogP contribution in [0.15, 0.2) is 48.5 Å². The number of rotatable bonds is 4. The maximum atomic E-state index is 15.1. The minimum absolute atomic E-state index is 0.160. The Balaban J connectivity index is 1.23. The fraction of sp³-hybridized carbons (Fsp3) is 0.423. The molecular formula is C26H30FN3O2.